The highest BCUT2D eigenvalue weighted by Crippen LogP contribution is 2.25. The van der Waals surface area contributed by atoms with Gasteiger partial charge in [0.15, 0.2) is 5.11 Å². The summed E-state index contributed by atoms with van der Waals surface area (Å²) in [5, 5.41) is 5.89. The molecule has 1 amide bonds. The molecule has 0 aliphatic heterocycles. The van der Waals surface area contributed by atoms with Gasteiger partial charge in [-0.15, -0.1) is 0 Å². The smallest absolute Gasteiger partial charge is 0.250 e. The van der Waals surface area contributed by atoms with Crippen LogP contribution in [0.15, 0.2) is 48.5 Å². The molecule has 0 aliphatic carbocycles. The normalized spacial score (nSPS) is 10.9. The molecular formula is C17H14N4OS2. The first-order valence-corrected chi connectivity index (χ1v) is 8.34. The van der Waals surface area contributed by atoms with Gasteiger partial charge in [0.05, 0.1) is 17.4 Å². The topological polar surface area (TPSA) is 66.9 Å². The van der Waals surface area contributed by atoms with E-state index in [1.165, 1.54) is 6.08 Å². The van der Waals surface area contributed by atoms with Crippen molar-refractivity contribution < 1.29 is 4.79 Å². The SMILES string of the molecule is Cc1ccc2nsnc2c1NC(=S)NC(=O)/C=C/c1ccccc1. The van der Waals surface area contributed by atoms with Crippen molar-refractivity contribution in [3.63, 3.8) is 0 Å². The van der Waals surface area contributed by atoms with Crippen LogP contribution < -0.4 is 10.6 Å². The van der Waals surface area contributed by atoms with Gasteiger partial charge in [0, 0.05) is 6.08 Å². The van der Waals surface area contributed by atoms with Crippen LogP contribution in [0.5, 0.6) is 0 Å². The van der Waals surface area contributed by atoms with Gasteiger partial charge in [-0.2, -0.15) is 8.75 Å². The van der Waals surface area contributed by atoms with E-state index < -0.39 is 0 Å². The summed E-state index contributed by atoms with van der Waals surface area (Å²) in [5.74, 6) is -0.294. The number of benzene rings is 2. The van der Waals surface area contributed by atoms with Crippen LogP contribution in [0.4, 0.5) is 5.69 Å². The number of rotatable bonds is 3. The summed E-state index contributed by atoms with van der Waals surface area (Å²) < 4.78 is 8.47. The molecule has 3 rings (SSSR count). The van der Waals surface area contributed by atoms with Crippen molar-refractivity contribution >= 4 is 57.8 Å². The minimum Gasteiger partial charge on any atom is -0.330 e. The van der Waals surface area contributed by atoms with E-state index in [1.807, 2.05) is 49.4 Å². The van der Waals surface area contributed by atoms with Crippen molar-refractivity contribution in [2.45, 2.75) is 6.92 Å². The second-order valence-electron chi connectivity index (χ2n) is 5.08. The lowest BCUT2D eigenvalue weighted by molar-refractivity contribution is -0.115. The van der Waals surface area contributed by atoms with E-state index in [0.717, 1.165) is 39.6 Å². The van der Waals surface area contributed by atoms with E-state index in [1.54, 1.807) is 6.08 Å². The highest BCUT2D eigenvalue weighted by Gasteiger charge is 2.10. The number of fused-ring (bicyclic) bond motifs is 1. The van der Waals surface area contributed by atoms with Crippen molar-refractivity contribution in [3.8, 4) is 0 Å². The molecule has 2 N–H and O–H groups in total. The first kappa shape index (κ1) is 16.2. The first-order chi connectivity index (χ1) is 11.6. The standard InChI is InChI=1S/C17H14N4OS2/c1-11-7-9-13-16(21-24-20-13)15(11)19-17(23)18-14(22)10-8-12-5-3-2-4-6-12/h2-10H,1H3,(H2,18,19,22,23)/b10-8+. The number of hydrogen-bond acceptors (Lipinski definition) is 5. The van der Waals surface area contributed by atoms with Crippen molar-refractivity contribution in [3.05, 3.63) is 59.7 Å². The van der Waals surface area contributed by atoms with Crippen molar-refractivity contribution in [2.24, 2.45) is 0 Å². The molecule has 24 heavy (non-hydrogen) atoms. The molecule has 3 aromatic rings. The fourth-order valence-electron chi connectivity index (χ4n) is 2.14. The molecule has 0 bridgehead atoms. The quantitative estimate of drug-likeness (QED) is 0.556. The summed E-state index contributed by atoms with van der Waals surface area (Å²) in [6.07, 6.45) is 3.18. The summed E-state index contributed by atoms with van der Waals surface area (Å²) in [5.41, 5.74) is 4.23. The number of amides is 1. The van der Waals surface area contributed by atoms with Crippen LogP contribution in [0.1, 0.15) is 11.1 Å². The minimum absolute atomic E-state index is 0.223. The van der Waals surface area contributed by atoms with Crippen LogP contribution in [0.25, 0.3) is 17.1 Å². The maximum atomic E-state index is 12.0. The summed E-state index contributed by atoms with van der Waals surface area (Å²) in [4.78, 5) is 12.0. The molecule has 0 aliphatic rings. The molecule has 0 spiro atoms. The van der Waals surface area contributed by atoms with E-state index in [2.05, 4.69) is 19.4 Å². The molecule has 0 saturated carbocycles. The second-order valence-corrected chi connectivity index (χ2v) is 6.01. The second kappa shape index (κ2) is 7.29. The number of hydrogen-bond donors (Lipinski definition) is 2. The van der Waals surface area contributed by atoms with Crippen LogP contribution in [0, 0.1) is 6.92 Å². The Morgan fingerprint density at radius 2 is 1.96 bits per heavy atom. The summed E-state index contributed by atoms with van der Waals surface area (Å²) in [6.45, 7) is 1.95. The zero-order valence-electron chi connectivity index (χ0n) is 12.8. The summed E-state index contributed by atoms with van der Waals surface area (Å²) in [6, 6.07) is 13.4. The predicted molar refractivity (Wildman–Crippen MR) is 102 cm³/mol. The average molecular weight is 354 g/mol. The Morgan fingerprint density at radius 1 is 1.17 bits per heavy atom. The van der Waals surface area contributed by atoms with E-state index in [9.17, 15) is 4.79 Å². The third-order valence-electron chi connectivity index (χ3n) is 3.34. The Kier molecular flexibility index (Phi) is 4.93. The van der Waals surface area contributed by atoms with E-state index in [4.69, 9.17) is 12.2 Å². The van der Waals surface area contributed by atoms with Crippen molar-refractivity contribution in [2.75, 3.05) is 5.32 Å². The Bertz CT molecular complexity index is 919. The van der Waals surface area contributed by atoms with Gasteiger partial charge in [-0.25, -0.2) is 0 Å². The lowest BCUT2D eigenvalue weighted by atomic mass is 10.1. The molecule has 1 aromatic heterocycles. The average Bonchev–Trinajstić information content (AvgIpc) is 3.05. The van der Waals surface area contributed by atoms with Gasteiger partial charge < -0.3 is 5.32 Å². The fourth-order valence-corrected chi connectivity index (χ4v) is 2.89. The molecule has 120 valence electrons. The third-order valence-corrected chi connectivity index (χ3v) is 4.08. The molecule has 0 atom stereocenters. The molecule has 0 unspecified atom stereocenters. The van der Waals surface area contributed by atoms with E-state index in [0.29, 0.717) is 0 Å². The number of nitrogens with zero attached hydrogens (tertiary/aromatic N) is 2. The molecular weight excluding hydrogens is 340 g/mol. The minimum atomic E-state index is -0.294. The first-order valence-electron chi connectivity index (χ1n) is 7.20. The van der Waals surface area contributed by atoms with Gasteiger partial charge >= 0.3 is 0 Å². The Morgan fingerprint density at radius 3 is 2.75 bits per heavy atom. The van der Waals surface area contributed by atoms with Crippen LogP contribution >= 0.6 is 23.9 Å². The summed E-state index contributed by atoms with van der Waals surface area (Å²) in [7, 11) is 0. The van der Waals surface area contributed by atoms with E-state index in [-0.39, 0.29) is 11.0 Å². The Balaban J connectivity index is 1.67. The number of carbonyl (C=O) groups is 1. The fraction of sp³-hybridized carbons (Fsp3) is 0.0588. The largest absolute Gasteiger partial charge is 0.330 e. The highest BCUT2D eigenvalue weighted by atomic mass is 32.1. The Labute approximate surface area is 148 Å². The molecule has 7 heteroatoms. The number of thiocarbonyl (C=S) groups is 1. The highest BCUT2D eigenvalue weighted by molar-refractivity contribution is 7.80. The van der Waals surface area contributed by atoms with Crippen LogP contribution in [-0.4, -0.2) is 19.8 Å². The monoisotopic (exact) mass is 354 g/mol. The van der Waals surface area contributed by atoms with Gasteiger partial charge in [0.25, 0.3) is 0 Å². The number of nitrogens with one attached hydrogen (secondary N) is 2. The zero-order valence-corrected chi connectivity index (χ0v) is 14.4. The molecule has 5 nitrogen and oxygen atoms in total. The predicted octanol–water partition coefficient (Wildman–Crippen LogP) is 3.53. The van der Waals surface area contributed by atoms with Crippen LogP contribution in [-0.2, 0) is 4.79 Å². The van der Waals surface area contributed by atoms with Gasteiger partial charge in [0.1, 0.15) is 11.0 Å². The lowest BCUT2D eigenvalue weighted by Gasteiger charge is -2.11. The van der Waals surface area contributed by atoms with Crippen molar-refractivity contribution in [1.82, 2.24) is 14.1 Å². The van der Waals surface area contributed by atoms with Crippen LogP contribution in [0.3, 0.4) is 0 Å². The van der Waals surface area contributed by atoms with Gasteiger partial charge in [-0.05, 0) is 42.4 Å². The van der Waals surface area contributed by atoms with E-state index >= 15 is 0 Å². The zero-order chi connectivity index (χ0) is 16.9. The lowest BCUT2D eigenvalue weighted by Crippen LogP contribution is -2.33. The molecule has 0 radical (unpaired) electrons. The molecule has 0 fully saturated rings. The maximum Gasteiger partial charge on any atom is 0.250 e. The third kappa shape index (κ3) is 3.81. The maximum absolute atomic E-state index is 12.0. The number of aromatic nitrogens is 2. The Hall–Kier alpha value is -2.64. The van der Waals surface area contributed by atoms with Crippen molar-refractivity contribution in [1.29, 1.82) is 0 Å². The van der Waals surface area contributed by atoms with Gasteiger partial charge in [-0.3, -0.25) is 10.1 Å². The summed E-state index contributed by atoms with van der Waals surface area (Å²) >= 11 is 6.36. The number of aryl methyl sites for hydroxylation is 1. The van der Waals surface area contributed by atoms with Gasteiger partial charge in [-0.1, -0.05) is 36.4 Å². The molecule has 2 aromatic carbocycles. The van der Waals surface area contributed by atoms with Gasteiger partial charge in [0.2, 0.25) is 5.91 Å². The van der Waals surface area contributed by atoms with Crippen LogP contribution in [0.2, 0.25) is 0 Å². The molecule has 1 heterocycles. The number of carbonyl (C=O) groups excluding carboxylic acids is 1. The molecule has 0 saturated heterocycles. The number of anilines is 1.